The molecular weight excluding hydrogens is 322 g/mol. The van der Waals surface area contributed by atoms with Crippen LogP contribution in [0.4, 0.5) is 0 Å². The Bertz CT molecular complexity index is 1000. The van der Waals surface area contributed by atoms with Gasteiger partial charge in [-0.1, -0.05) is 12.1 Å². The molecule has 8 nitrogen and oxygen atoms in total. The van der Waals surface area contributed by atoms with Crippen molar-refractivity contribution >= 4 is 22.7 Å². The molecule has 4 rings (SSSR count). The van der Waals surface area contributed by atoms with E-state index in [1.807, 2.05) is 49.7 Å². The van der Waals surface area contributed by atoms with E-state index in [0.29, 0.717) is 18.9 Å². The summed E-state index contributed by atoms with van der Waals surface area (Å²) >= 11 is 0. The highest BCUT2D eigenvalue weighted by Crippen LogP contribution is 2.16. The molecule has 3 aromatic rings. The molecule has 1 amide bonds. The van der Waals surface area contributed by atoms with Crippen LogP contribution in [0.5, 0.6) is 0 Å². The second-order valence-electron chi connectivity index (χ2n) is 6.68. The molecule has 1 saturated heterocycles. The maximum absolute atomic E-state index is 12.8. The molecule has 1 aliphatic heterocycles. The van der Waals surface area contributed by atoms with Crippen LogP contribution in [0.3, 0.4) is 0 Å². The maximum atomic E-state index is 12.8. The fourth-order valence-corrected chi connectivity index (χ4v) is 3.58. The molecule has 25 heavy (non-hydrogen) atoms. The number of ether oxygens (including phenoxy) is 1. The largest absolute Gasteiger partial charge is 0.372 e. The molecular formula is C17H21N5O3. The maximum Gasteiger partial charge on any atom is 0.352 e. The fraction of sp³-hybridized carbons (Fsp3) is 0.471. The summed E-state index contributed by atoms with van der Waals surface area (Å²) in [4.78, 5) is 27.1. The highest BCUT2D eigenvalue weighted by Gasteiger charge is 2.27. The molecule has 0 bridgehead atoms. The number of hydrogen-bond acceptors (Lipinski definition) is 4. The minimum atomic E-state index is -0.297. The molecule has 0 N–H and O–H groups in total. The van der Waals surface area contributed by atoms with Gasteiger partial charge in [-0.15, -0.1) is 5.10 Å². The number of rotatable bonds is 2. The molecule has 1 aromatic carbocycles. The van der Waals surface area contributed by atoms with Crippen molar-refractivity contribution < 1.29 is 9.53 Å². The highest BCUT2D eigenvalue weighted by atomic mass is 16.5. The van der Waals surface area contributed by atoms with Gasteiger partial charge in [0.05, 0.1) is 23.2 Å². The SMILES string of the molecule is CC1CN(C(=O)Cn2nc3n(C)c4ccccc4n3c2=O)CC(C)O1. The molecule has 132 valence electrons. The second kappa shape index (κ2) is 5.73. The number of benzene rings is 1. The number of imidazole rings is 1. The molecule has 0 aliphatic carbocycles. The summed E-state index contributed by atoms with van der Waals surface area (Å²) in [5.74, 6) is 0.416. The van der Waals surface area contributed by atoms with Crippen molar-refractivity contribution in [2.24, 2.45) is 7.05 Å². The van der Waals surface area contributed by atoms with Crippen molar-refractivity contribution in [3.8, 4) is 0 Å². The molecule has 3 heterocycles. The fourth-order valence-electron chi connectivity index (χ4n) is 3.58. The third-order valence-corrected chi connectivity index (χ3v) is 4.66. The van der Waals surface area contributed by atoms with E-state index in [1.54, 1.807) is 9.30 Å². The number of nitrogens with zero attached hydrogens (tertiary/aromatic N) is 5. The van der Waals surface area contributed by atoms with Gasteiger partial charge in [0.25, 0.3) is 0 Å². The van der Waals surface area contributed by atoms with Crippen LogP contribution in [-0.2, 0) is 23.1 Å². The van der Waals surface area contributed by atoms with Gasteiger partial charge >= 0.3 is 5.69 Å². The number of carbonyl (C=O) groups is 1. The first-order valence-corrected chi connectivity index (χ1v) is 8.42. The minimum absolute atomic E-state index is 0.00515. The predicted octanol–water partition coefficient (Wildman–Crippen LogP) is 0.623. The van der Waals surface area contributed by atoms with Crippen LogP contribution in [-0.4, -0.2) is 54.9 Å². The van der Waals surface area contributed by atoms with E-state index in [4.69, 9.17) is 4.74 Å². The Morgan fingerprint density at radius 3 is 2.52 bits per heavy atom. The summed E-state index contributed by atoms with van der Waals surface area (Å²) in [6, 6.07) is 7.62. The van der Waals surface area contributed by atoms with Gasteiger partial charge in [-0.2, -0.15) is 0 Å². The lowest BCUT2D eigenvalue weighted by Crippen LogP contribution is -2.49. The molecule has 0 radical (unpaired) electrons. The third-order valence-electron chi connectivity index (χ3n) is 4.66. The molecule has 0 saturated carbocycles. The van der Waals surface area contributed by atoms with Crippen LogP contribution in [0.25, 0.3) is 16.8 Å². The normalized spacial score (nSPS) is 21.3. The van der Waals surface area contributed by atoms with Gasteiger partial charge in [-0.05, 0) is 26.0 Å². The van der Waals surface area contributed by atoms with Gasteiger partial charge < -0.3 is 14.2 Å². The van der Waals surface area contributed by atoms with Gasteiger partial charge in [-0.3, -0.25) is 4.79 Å². The molecule has 2 unspecified atom stereocenters. The van der Waals surface area contributed by atoms with Gasteiger partial charge in [0.1, 0.15) is 6.54 Å². The van der Waals surface area contributed by atoms with Crippen molar-refractivity contribution in [3.05, 3.63) is 34.7 Å². The number of fused-ring (bicyclic) bond motifs is 3. The number of aromatic nitrogens is 4. The number of amides is 1. The molecule has 8 heteroatoms. The lowest BCUT2D eigenvalue weighted by atomic mass is 10.2. The monoisotopic (exact) mass is 343 g/mol. The van der Waals surface area contributed by atoms with Crippen molar-refractivity contribution in [3.63, 3.8) is 0 Å². The van der Waals surface area contributed by atoms with E-state index in [0.717, 1.165) is 11.0 Å². The van der Waals surface area contributed by atoms with Crippen molar-refractivity contribution in [1.29, 1.82) is 0 Å². The Balaban J connectivity index is 1.68. The first-order valence-electron chi connectivity index (χ1n) is 8.42. The van der Waals surface area contributed by atoms with Gasteiger partial charge in [-0.25, -0.2) is 13.9 Å². The van der Waals surface area contributed by atoms with Gasteiger partial charge in [0.15, 0.2) is 0 Å². The molecule has 0 spiro atoms. The molecule has 2 atom stereocenters. The lowest BCUT2D eigenvalue weighted by molar-refractivity contribution is -0.144. The molecule has 1 aliphatic rings. The molecule has 2 aromatic heterocycles. The first-order chi connectivity index (χ1) is 12.0. The van der Waals surface area contributed by atoms with Gasteiger partial charge in [0.2, 0.25) is 11.7 Å². The van der Waals surface area contributed by atoms with E-state index in [-0.39, 0.29) is 30.3 Å². The summed E-state index contributed by atoms with van der Waals surface area (Å²) in [6.07, 6.45) is -0.0103. The van der Waals surface area contributed by atoms with Crippen LogP contribution in [0, 0.1) is 0 Å². The minimum Gasteiger partial charge on any atom is -0.372 e. The molecule has 1 fully saturated rings. The predicted molar refractivity (Wildman–Crippen MR) is 92.5 cm³/mol. The zero-order valence-electron chi connectivity index (χ0n) is 14.5. The Hall–Kier alpha value is -2.61. The second-order valence-corrected chi connectivity index (χ2v) is 6.68. The number of morpholine rings is 1. The average Bonchev–Trinajstić information content (AvgIpc) is 3.03. The summed E-state index contributed by atoms with van der Waals surface area (Å²) in [6.45, 7) is 4.90. The first kappa shape index (κ1) is 15.9. The van der Waals surface area contributed by atoms with E-state index >= 15 is 0 Å². The highest BCUT2D eigenvalue weighted by molar-refractivity contribution is 5.80. The summed E-state index contributed by atoms with van der Waals surface area (Å²) < 4.78 is 10.3. The number of aryl methyl sites for hydroxylation is 1. The Kier molecular flexibility index (Phi) is 3.64. The zero-order valence-corrected chi connectivity index (χ0v) is 14.5. The van der Waals surface area contributed by atoms with Crippen molar-refractivity contribution in [1.82, 2.24) is 23.6 Å². The van der Waals surface area contributed by atoms with E-state index in [9.17, 15) is 9.59 Å². The summed E-state index contributed by atoms with van der Waals surface area (Å²) in [5.41, 5.74) is 1.42. The average molecular weight is 343 g/mol. The topological polar surface area (TPSA) is 73.8 Å². The number of hydrogen-bond donors (Lipinski definition) is 0. The zero-order chi connectivity index (χ0) is 17.7. The van der Waals surface area contributed by atoms with Gasteiger partial charge in [0, 0.05) is 20.1 Å². The number of para-hydroxylation sites is 2. The Morgan fingerprint density at radius 1 is 1.20 bits per heavy atom. The van der Waals surface area contributed by atoms with Crippen LogP contribution in [0.1, 0.15) is 13.8 Å². The third kappa shape index (κ3) is 2.53. The lowest BCUT2D eigenvalue weighted by Gasteiger charge is -2.35. The van der Waals surface area contributed by atoms with Crippen LogP contribution in [0.2, 0.25) is 0 Å². The standard InChI is InChI=1S/C17H21N5O3/c1-11-8-20(9-12(2)25-11)15(23)10-21-17(24)22-14-7-5-4-6-13(14)19(3)16(22)18-21/h4-7,11-12H,8-10H2,1-3H3. The summed E-state index contributed by atoms with van der Waals surface area (Å²) in [5, 5.41) is 4.37. The summed E-state index contributed by atoms with van der Waals surface area (Å²) in [7, 11) is 1.86. The Morgan fingerprint density at radius 2 is 1.84 bits per heavy atom. The van der Waals surface area contributed by atoms with Crippen molar-refractivity contribution in [2.75, 3.05) is 13.1 Å². The van der Waals surface area contributed by atoms with E-state index in [1.165, 1.54) is 4.68 Å². The Labute approximate surface area is 144 Å². The van der Waals surface area contributed by atoms with Crippen LogP contribution < -0.4 is 5.69 Å². The van der Waals surface area contributed by atoms with E-state index < -0.39 is 0 Å². The van der Waals surface area contributed by atoms with Crippen LogP contribution >= 0.6 is 0 Å². The smallest absolute Gasteiger partial charge is 0.352 e. The van der Waals surface area contributed by atoms with E-state index in [2.05, 4.69) is 5.10 Å². The number of carbonyl (C=O) groups excluding carboxylic acids is 1. The quantitative estimate of drug-likeness (QED) is 0.684. The van der Waals surface area contributed by atoms with Crippen LogP contribution in [0.15, 0.2) is 29.1 Å². The van der Waals surface area contributed by atoms with Crippen molar-refractivity contribution in [2.45, 2.75) is 32.6 Å².